The van der Waals surface area contributed by atoms with Crippen molar-refractivity contribution in [1.82, 2.24) is 4.90 Å². The van der Waals surface area contributed by atoms with E-state index in [1.807, 2.05) is 13.8 Å². The molecule has 1 heterocycles. The molecule has 0 aromatic heterocycles. The van der Waals surface area contributed by atoms with Crippen LogP contribution in [0.2, 0.25) is 0 Å². The van der Waals surface area contributed by atoms with Crippen molar-refractivity contribution in [2.75, 3.05) is 19.7 Å². The van der Waals surface area contributed by atoms with Gasteiger partial charge in [0.15, 0.2) is 0 Å². The molecule has 3 nitrogen and oxygen atoms in total. The molecule has 94 valence electrons. The first-order chi connectivity index (χ1) is 7.58. The third kappa shape index (κ3) is 2.76. The second kappa shape index (κ2) is 5.67. The predicted octanol–water partition coefficient (Wildman–Crippen LogP) is 2.45. The van der Waals surface area contributed by atoms with Gasteiger partial charge in [0.05, 0.1) is 6.61 Å². The van der Waals surface area contributed by atoms with Crippen LogP contribution in [0.15, 0.2) is 0 Å². The minimum Gasteiger partial charge on any atom is -0.465 e. The molecule has 16 heavy (non-hydrogen) atoms. The SMILES string of the molecule is CCOC(=O)C(C)N1CCC(CC)(CC)C1. The number of carbonyl (C=O) groups is 1. The fraction of sp³-hybridized carbons (Fsp3) is 0.923. The summed E-state index contributed by atoms with van der Waals surface area (Å²) in [6.07, 6.45) is 3.62. The second-order valence-electron chi connectivity index (χ2n) is 4.86. The summed E-state index contributed by atoms with van der Waals surface area (Å²) in [5.41, 5.74) is 0.431. The molecular formula is C13H25NO2. The molecule has 0 radical (unpaired) electrons. The Kier molecular flexibility index (Phi) is 4.78. The van der Waals surface area contributed by atoms with E-state index in [0.717, 1.165) is 13.1 Å². The lowest BCUT2D eigenvalue weighted by Gasteiger charge is -2.28. The second-order valence-corrected chi connectivity index (χ2v) is 4.86. The summed E-state index contributed by atoms with van der Waals surface area (Å²) in [5, 5.41) is 0. The summed E-state index contributed by atoms with van der Waals surface area (Å²) < 4.78 is 5.07. The number of rotatable bonds is 5. The van der Waals surface area contributed by atoms with Crippen molar-refractivity contribution >= 4 is 5.97 Å². The number of ether oxygens (including phenoxy) is 1. The van der Waals surface area contributed by atoms with E-state index in [2.05, 4.69) is 18.7 Å². The smallest absolute Gasteiger partial charge is 0.323 e. The van der Waals surface area contributed by atoms with E-state index >= 15 is 0 Å². The molecule has 0 aromatic carbocycles. The molecule has 0 aliphatic carbocycles. The van der Waals surface area contributed by atoms with Gasteiger partial charge in [0.1, 0.15) is 6.04 Å². The van der Waals surface area contributed by atoms with Gasteiger partial charge < -0.3 is 4.74 Å². The fourth-order valence-electron chi connectivity index (χ4n) is 2.54. The van der Waals surface area contributed by atoms with Crippen molar-refractivity contribution in [3.63, 3.8) is 0 Å². The molecule has 1 atom stereocenters. The van der Waals surface area contributed by atoms with Crippen molar-refractivity contribution in [3.05, 3.63) is 0 Å². The largest absolute Gasteiger partial charge is 0.465 e. The van der Waals surface area contributed by atoms with Gasteiger partial charge in [-0.15, -0.1) is 0 Å². The van der Waals surface area contributed by atoms with Gasteiger partial charge in [0.2, 0.25) is 0 Å². The highest BCUT2D eigenvalue weighted by atomic mass is 16.5. The van der Waals surface area contributed by atoms with Crippen LogP contribution in [0.5, 0.6) is 0 Å². The molecule has 1 rings (SSSR count). The van der Waals surface area contributed by atoms with Gasteiger partial charge in [-0.3, -0.25) is 9.69 Å². The summed E-state index contributed by atoms with van der Waals surface area (Å²) in [6, 6.07) is -0.0834. The Bertz CT molecular complexity index is 236. The molecule has 3 heteroatoms. The maximum atomic E-state index is 11.7. The van der Waals surface area contributed by atoms with Crippen molar-refractivity contribution in [1.29, 1.82) is 0 Å². The zero-order valence-electron chi connectivity index (χ0n) is 11.1. The minimum atomic E-state index is -0.0834. The minimum absolute atomic E-state index is 0.0782. The van der Waals surface area contributed by atoms with E-state index < -0.39 is 0 Å². The highest BCUT2D eigenvalue weighted by Crippen LogP contribution is 2.37. The Balaban J connectivity index is 2.55. The normalized spacial score (nSPS) is 22.0. The molecule has 0 spiro atoms. The summed E-state index contributed by atoms with van der Waals surface area (Å²) in [6.45, 7) is 10.9. The van der Waals surface area contributed by atoms with E-state index in [4.69, 9.17) is 4.74 Å². The Morgan fingerprint density at radius 3 is 2.44 bits per heavy atom. The Hall–Kier alpha value is -0.570. The van der Waals surface area contributed by atoms with Crippen LogP contribution in [-0.4, -0.2) is 36.6 Å². The molecule has 0 saturated carbocycles. The fourth-order valence-corrected chi connectivity index (χ4v) is 2.54. The van der Waals surface area contributed by atoms with Crippen LogP contribution in [0, 0.1) is 5.41 Å². The first-order valence-corrected chi connectivity index (χ1v) is 6.49. The third-order valence-electron chi connectivity index (χ3n) is 4.14. The van der Waals surface area contributed by atoms with E-state index in [1.54, 1.807) is 0 Å². The highest BCUT2D eigenvalue weighted by molar-refractivity contribution is 5.75. The molecule has 1 unspecified atom stereocenters. The van der Waals surface area contributed by atoms with Crippen molar-refractivity contribution in [2.24, 2.45) is 5.41 Å². The topological polar surface area (TPSA) is 29.5 Å². The first kappa shape index (κ1) is 13.5. The molecule has 1 fully saturated rings. The highest BCUT2D eigenvalue weighted by Gasteiger charge is 2.38. The number of carbonyl (C=O) groups excluding carboxylic acids is 1. The zero-order chi connectivity index (χ0) is 12.2. The van der Waals surface area contributed by atoms with Crippen molar-refractivity contribution in [3.8, 4) is 0 Å². The van der Waals surface area contributed by atoms with Gasteiger partial charge in [-0.25, -0.2) is 0 Å². The van der Waals surface area contributed by atoms with Crippen LogP contribution in [0.25, 0.3) is 0 Å². The maximum Gasteiger partial charge on any atom is 0.323 e. The van der Waals surface area contributed by atoms with E-state index in [9.17, 15) is 4.79 Å². The standard InChI is InChI=1S/C13H25NO2/c1-5-13(6-2)8-9-14(10-13)11(4)12(15)16-7-3/h11H,5-10H2,1-4H3. The van der Waals surface area contributed by atoms with Gasteiger partial charge in [0.25, 0.3) is 0 Å². The molecule has 0 N–H and O–H groups in total. The van der Waals surface area contributed by atoms with E-state index in [-0.39, 0.29) is 12.0 Å². The Labute approximate surface area is 99.1 Å². The van der Waals surface area contributed by atoms with E-state index in [1.165, 1.54) is 19.3 Å². The predicted molar refractivity (Wildman–Crippen MR) is 65.3 cm³/mol. The van der Waals surface area contributed by atoms with Crippen LogP contribution < -0.4 is 0 Å². The molecule has 1 aliphatic rings. The van der Waals surface area contributed by atoms with Gasteiger partial charge in [-0.05, 0) is 45.1 Å². The number of likely N-dealkylation sites (tertiary alicyclic amines) is 1. The lowest BCUT2D eigenvalue weighted by Crippen LogP contribution is -2.39. The summed E-state index contributed by atoms with van der Waals surface area (Å²) >= 11 is 0. The Morgan fingerprint density at radius 2 is 2.00 bits per heavy atom. The number of nitrogens with zero attached hydrogens (tertiary/aromatic N) is 1. The maximum absolute atomic E-state index is 11.7. The van der Waals surface area contributed by atoms with Gasteiger partial charge in [0, 0.05) is 6.54 Å². The zero-order valence-corrected chi connectivity index (χ0v) is 11.1. The molecular weight excluding hydrogens is 202 g/mol. The van der Waals surface area contributed by atoms with Gasteiger partial charge in [-0.1, -0.05) is 13.8 Å². The average Bonchev–Trinajstić information content (AvgIpc) is 2.73. The van der Waals surface area contributed by atoms with Gasteiger partial charge >= 0.3 is 5.97 Å². The monoisotopic (exact) mass is 227 g/mol. The molecule has 0 amide bonds. The molecule has 1 saturated heterocycles. The molecule has 0 aromatic rings. The average molecular weight is 227 g/mol. The van der Waals surface area contributed by atoms with Crippen LogP contribution in [0.3, 0.4) is 0 Å². The number of esters is 1. The summed E-state index contributed by atoms with van der Waals surface area (Å²) in [7, 11) is 0. The lowest BCUT2D eigenvalue weighted by molar-refractivity contribution is -0.148. The molecule has 0 bridgehead atoms. The number of hydrogen-bond donors (Lipinski definition) is 0. The van der Waals surface area contributed by atoms with E-state index in [0.29, 0.717) is 12.0 Å². The molecule has 1 aliphatic heterocycles. The van der Waals surface area contributed by atoms with Crippen molar-refractivity contribution in [2.45, 2.75) is 53.0 Å². The first-order valence-electron chi connectivity index (χ1n) is 6.49. The lowest BCUT2D eigenvalue weighted by atomic mass is 9.82. The third-order valence-corrected chi connectivity index (χ3v) is 4.14. The van der Waals surface area contributed by atoms with Gasteiger partial charge in [-0.2, -0.15) is 0 Å². The van der Waals surface area contributed by atoms with Crippen molar-refractivity contribution < 1.29 is 9.53 Å². The van der Waals surface area contributed by atoms with Crippen LogP contribution in [0.4, 0.5) is 0 Å². The quantitative estimate of drug-likeness (QED) is 0.676. The van der Waals surface area contributed by atoms with Crippen LogP contribution in [0.1, 0.15) is 47.0 Å². The van der Waals surface area contributed by atoms with Crippen LogP contribution >= 0.6 is 0 Å². The van der Waals surface area contributed by atoms with Crippen LogP contribution in [-0.2, 0) is 9.53 Å². The number of hydrogen-bond acceptors (Lipinski definition) is 3. The summed E-state index contributed by atoms with van der Waals surface area (Å²) in [5.74, 6) is -0.0782. The Morgan fingerprint density at radius 1 is 1.38 bits per heavy atom. The summed E-state index contributed by atoms with van der Waals surface area (Å²) in [4.78, 5) is 13.9.